The molecule has 1 unspecified atom stereocenters. The summed E-state index contributed by atoms with van der Waals surface area (Å²) >= 11 is 0. The monoisotopic (exact) mass is 268 g/mol. The van der Waals surface area contributed by atoms with Crippen LogP contribution in [-0.2, 0) is 14.8 Å². The van der Waals surface area contributed by atoms with Crippen LogP contribution in [0.2, 0.25) is 0 Å². The van der Waals surface area contributed by atoms with Gasteiger partial charge in [0, 0.05) is 19.0 Å². The first-order valence-electron chi connectivity index (χ1n) is 5.83. The van der Waals surface area contributed by atoms with Gasteiger partial charge in [-0.1, -0.05) is 12.1 Å². The summed E-state index contributed by atoms with van der Waals surface area (Å²) in [6, 6.07) is 6.63. The van der Waals surface area contributed by atoms with Gasteiger partial charge in [-0.25, -0.2) is 13.1 Å². The Morgan fingerprint density at radius 3 is 2.83 bits per heavy atom. The van der Waals surface area contributed by atoms with E-state index >= 15 is 0 Å². The fourth-order valence-corrected chi connectivity index (χ4v) is 3.09. The zero-order chi connectivity index (χ0) is 13.2. The Labute approximate surface area is 107 Å². The van der Waals surface area contributed by atoms with E-state index in [1.165, 1.54) is 0 Å². The molecule has 1 heterocycles. The minimum Gasteiger partial charge on any atom is -0.352 e. The number of amides is 1. The Balaban J connectivity index is 2.01. The van der Waals surface area contributed by atoms with Gasteiger partial charge in [-0.15, -0.1) is 0 Å². The number of aryl methyl sites for hydroxylation is 1. The van der Waals surface area contributed by atoms with Gasteiger partial charge in [0.1, 0.15) is 0 Å². The number of hydrogen-bond donors (Lipinski definition) is 2. The molecule has 1 aliphatic heterocycles. The summed E-state index contributed by atoms with van der Waals surface area (Å²) in [6.07, 6.45) is 1.14. The summed E-state index contributed by atoms with van der Waals surface area (Å²) < 4.78 is 26.5. The van der Waals surface area contributed by atoms with Crippen molar-refractivity contribution in [2.24, 2.45) is 0 Å². The minimum atomic E-state index is -3.49. The number of sulfonamides is 1. The van der Waals surface area contributed by atoms with E-state index in [1.807, 2.05) is 13.0 Å². The van der Waals surface area contributed by atoms with Gasteiger partial charge in [0.25, 0.3) is 0 Å². The van der Waals surface area contributed by atoms with Crippen LogP contribution in [0.25, 0.3) is 0 Å². The van der Waals surface area contributed by atoms with E-state index in [4.69, 9.17) is 0 Å². The van der Waals surface area contributed by atoms with Crippen LogP contribution in [0, 0.1) is 6.92 Å². The molecule has 1 fully saturated rings. The third-order valence-corrected chi connectivity index (χ3v) is 4.33. The number of nitrogens with one attached hydrogen (secondary N) is 2. The molecule has 0 aromatic heterocycles. The molecule has 0 bridgehead atoms. The Morgan fingerprint density at radius 2 is 2.22 bits per heavy atom. The van der Waals surface area contributed by atoms with Gasteiger partial charge in [-0.2, -0.15) is 0 Å². The Bertz CT molecular complexity index is 554. The molecule has 1 saturated heterocycles. The average Bonchev–Trinajstić information content (AvgIpc) is 2.73. The maximum atomic E-state index is 12.0. The number of carbonyl (C=O) groups excluding carboxylic acids is 1. The lowest BCUT2D eigenvalue weighted by Crippen LogP contribution is -2.38. The maximum absolute atomic E-state index is 12.0. The van der Waals surface area contributed by atoms with Crippen molar-refractivity contribution < 1.29 is 13.2 Å². The van der Waals surface area contributed by atoms with E-state index in [9.17, 15) is 13.2 Å². The molecule has 0 aliphatic carbocycles. The highest BCUT2D eigenvalue weighted by Crippen LogP contribution is 2.11. The smallest absolute Gasteiger partial charge is 0.240 e. The zero-order valence-electron chi connectivity index (χ0n) is 10.1. The summed E-state index contributed by atoms with van der Waals surface area (Å²) in [6.45, 7) is 2.08. The summed E-state index contributed by atoms with van der Waals surface area (Å²) in [5.41, 5.74) is 0.895. The second-order valence-electron chi connectivity index (χ2n) is 4.47. The van der Waals surface area contributed by atoms with Crippen molar-refractivity contribution >= 4 is 15.9 Å². The van der Waals surface area contributed by atoms with E-state index in [2.05, 4.69) is 10.0 Å². The summed E-state index contributed by atoms with van der Waals surface area (Å²) in [7, 11) is -3.49. The Hall–Kier alpha value is -1.40. The number of hydrogen-bond acceptors (Lipinski definition) is 3. The van der Waals surface area contributed by atoms with Crippen LogP contribution < -0.4 is 10.0 Å². The lowest BCUT2D eigenvalue weighted by molar-refractivity contribution is -0.119. The highest BCUT2D eigenvalue weighted by molar-refractivity contribution is 7.89. The fraction of sp³-hybridized carbons (Fsp3) is 0.417. The predicted octanol–water partition coefficient (Wildman–Crippen LogP) is 0.552. The number of carbonyl (C=O) groups is 1. The van der Waals surface area contributed by atoms with E-state index in [0.29, 0.717) is 12.8 Å². The first kappa shape index (κ1) is 13.0. The van der Waals surface area contributed by atoms with Gasteiger partial charge >= 0.3 is 0 Å². The van der Waals surface area contributed by atoms with Crippen molar-refractivity contribution in [2.45, 2.75) is 30.7 Å². The van der Waals surface area contributed by atoms with Crippen molar-refractivity contribution in [2.75, 3.05) is 6.54 Å². The number of benzene rings is 1. The first-order chi connectivity index (χ1) is 8.47. The van der Waals surface area contributed by atoms with Crippen LogP contribution in [0.5, 0.6) is 0 Å². The van der Waals surface area contributed by atoms with Crippen LogP contribution in [0.3, 0.4) is 0 Å². The van der Waals surface area contributed by atoms with E-state index in [-0.39, 0.29) is 23.4 Å². The lowest BCUT2D eigenvalue weighted by Gasteiger charge is -2.12. The summed E-state index contributed by atoms with van der Waals surface area (Å²) in [4.78, 5) is 11.3. The molecular weight excluding hydrogens is 252 g/mol. The molecule has 1 amide bonds. The molecule has 2 rings (SSSR count). The van der Waals surface area contributed by atoms with Crippen LogP contribution in [0.4, 0.5) is 0 Å². The molecule has 0 spiro atoms. The fourth-order valence-electron chi connectivity index (χ4n) is 1.91. The van der Waals surface area contributed by atoms with Gasteiger partial charge in [0.2, 0.25) is 15.9 Å². The average molecular weight is 268 g/mol. The molecule has 5 nitrogen and oxygen atoms in total. The second-order valence-corrected chi connectivity index (χ2v) is 6.24. The highest BCUT2D eigenvalue weighted by Gasteiger charge is 2.23. The molecule has 1 atom stereocenters. The standard InChI is InChI=1S/C12H16N2O3S/c1-9-3-2-4-11(7-9)18(16,17)13-8-10-5-6-12(15)14-10/h2-4,7,10,13H,5-6,8H2,1H3,(H,14,15). The van der Waals surface area contributed by atoms with Crippen LogP contribution in [0.1, 0.15) is 18.4 Å². The van der Waals surface area contributed by atoms with Gasteiger partial charge in [0.05, 0.1) is 4.90 Å². The predicted molar refractivity (Wildman–Crippen MR) is 67.5 cm³/mol. The second kappa shape index (κ2) is 5.07. The Morgan fingerprint density at radius 1 is 1.44 bits per heavy atom. The molecule has 18 heavy (non-hydrogen) atoms. The van der Waals surface area contributed by atoms with E-state index in [0.717, 1.165) is 5.56 Å². The summed E-state index contributed by atoms with van der Waals surface area (Å²) in [5.74, 6) is -0.0187. The van der Waals surface area contributed by atoms with Gasteiger partial charge < -0.3 is 5.32 Å². The van der Waals surface area contributed by atoms with Gasteiger partial charge in [-0.3, -0.25) is 4.79 Å². The Kier molecular flexibility index (Phi) is 3.68. The van der Waals surface area contributed by atoms with Crippen molar-refractivity contribution in [3.63, 3.8) is 0 Å². The zero-order valence-corrected chi connectivity index (χ0v) is 11.0. The molecule has 0 radical (unpaired) electrons. The SMILES string of the molecule is Cc1cccc(S(=O)(=O)NCC2CCC(=O)N2)c1. The quantitative estimate of drug-likeness (QED) is 0.837. The van der Waals surface area contributed by atoms with Gasteiger partial charge in [0.15, 0.2) is 0 Å². The summed E-state index contributed by atoms with van der Waals surface area (Å²) in [5, 5.41) is 2.72. The molecule has 1 aromatic rings. The van der Waals surface area contributed by atoms with Crippen LogP contribution in [0.15, 0.2) is 29.2 Å². The van der Waals surface area contributed by atoms with Crippen molar-refractivity contribution in [3.8, 4) is 0 Å². The first-order valence-corrected chi connectivity index (χ1v) is 7.31. The van der Waals surface area contributed by atoms with Crippen LogP contribution in [-0.4, -0.2) is 26.9 Å². The molecule has 1 aliphatic rings. The molecule has 0 saturated carbocycles. The van der Waals surface area contributed by atoms with Gasteiger partial charge in [-0.05, 0) is 31.0 Å². The topological polar surface area (TPSA) is 75.3 Å². The highest BCUT2D eigenvalue weighted by atomic mass is 32.2. The third-order valence-electron chi connectivity index (χ3n) is 2.90. The molecule has 2 N–H and O–H groups in total. The van der Waals surface area contributed by atoms with Crippen molar-refractivity contribution in [1.82, 2.24) is 10.0 Å². The van der Waals surface area contributed by atoms with Crippen molar-refractivity contribution in [1.29, 1.82) is 0 Å². The largest absolute Gasteiger partial charge is 0.352 e. The van der Waals surface area contributed by atoms with E-state index < -0.39 is 10.0 Å². The molecular formula is C12H16N2O3S. The van der Waals surface area contributed by atoms with E-state index in [1.54, 1.807) is 18.2 Å². The van der Waals surface area contributed by atoms with Crippen molar-refractivity contribution in [3.05, 3.63) is 29.8 Å². The molecule has 6 heteroatoms. The third kappa shape index (κ3) is 3.08. The van der Waals surface area contributed by atoms with Crippen LogP contribution >= 0.6 is 0 Å². The molecule has 98 valence electrons. The number of rotatable bonds is 4. The minimum absolute atomic E-state index is 0.0187. The normalized spacial score (nSPS) is 19.8. The lowest BCUT2D eigenvalue weighted by atomic mass is 10.2. The molecule has 1 aromatic carbocycles. The maximum Gasteiger partial charge on any atom is 0.240 e.